The second-order valence-corrected chi connectivity index (χ2v) is 2.74. The molecule has 62 valence electrons. The van der Waals surface area contributed by atoms with Crippen molar-refractivity contribution in [3.05, 3.63) is 24.3 Å². The van der Waals surface area contributed by atoms with Crippen LogP contribution in [0.2, 0.25) is 0 Å². The third-order valence-corrected chi connectivity index (χ3v) is 1.89. The molecule has 0 aromatic rings. The van der Waals surface area contributed by atoms with E-state index in [9.17, 15) is 0 Å². The third kappa shape index (κ3) is 1.95. The molecular formula is C10H7N3. The molecule has 1 rings (SSSR count). The average molecular weight is 169 g/mol. The number of hydrogen-bond acceptors (Lipinski definition) is 3. The summed E-state index contributed by atoms with van der Waals surface area (Å²) >= 11 is 0. The highest BCUT2D eigenvalue weighted by molar-refractivity contribution is 5.24. The molecule has 0 aromatic heterocycles. The van der Waals surface area contributed by atoms with E-state index >= 15 is 0 Å². The lowest BCUT2D eigenvalue weighted by molar-refractivity contribution is 0.682. The van der Waals surface area contributed by atoms with Crippen molar-refractivity contribution >= 4 is 0 Å². The Morgan fingerprint density at radius 3 is 1.85 bits per heavy atom. The number of hydrogen-bond donors (Lipinski definition) is 0. The Labute approximate surface area is 76.8 Å². The fourth-order valence-corrected chi connectivity index (χ4v) is 1.13. The van der Waals surface area contributed by atoms with Gasteiger partial charge in [-0.05, 0) is 0 Å². The van der Waals surface area contributed by atoms with Gasteiger partial charge in [-0.3, -0.25) is 0 Å². The second kappa shape index (κ2) is 4.10. The first-order chi connectivity index (χ1) is 6.31. The standard InChI is InChI=1S/C10H7N3/c11-5-8-1-3-9(4-2-8)10(6-12)7-13/h1-4,8-10H. The first-order valence-electron chi connectivity index (χ1n) is 3.87. The predicted molar refractivity (Wildman–Crippen MR) is 45.6 cm³/mol. The van der Waals surface area contributed by atoms with Gasteiger partial charge in [0.2, 0.25) is 0 Å². The van der Waals surface area contributed by atoms with Gasteiger partial charge in [0.15, 0.2) is 0 Å². The van der Waals surface area contributed by atoms with Crippen LogP contribution in [0.25, 0.3) is 0 Å². The molecule has 1 aliphatic carbocycles. The summed E-state index contributed by atoms with van der Waals surface area (Å²) in [4.78, 5) is 0. The van der Waals surface area contributed by atoms with E-state index in [2.05, 4.69) is 6.07 Å². The van der Waals surface area contributed by atoms with E-state index in [4.69, 9.17) is 15.8 Å². The molecule has 0 aromatic carbocycles. The highest BCUT2D eigenvalue weighted by atomic mass is 14.3. The van der Waals surface area contributed by atoms with E-state index in [1.165, 1.54) is 0 Å². The topological polar surface area (TPSA) is 71.4 Å². The molecule has 13 heavy (non-hydrogen) atoms. The summed E-state index contributed by atoms with van der Waals surface area (Å²) in [6, 6.07) is 5.88. The summed E-state index contributed by atoms with van der Waals surface area (Å²) in [6.45, 7) is 0. The molecule has 1 aliphatic rings. The van der Waals surface area contributed by atoms with Crippen LogP contribution in [0.4, 0.5) is 0 Å². The van der Waals surface area contributed by atoms with Crippen LogP contribution in [0.1, 0.15) is 0 Å². The van der Waals surface area contributed by atoms with Gasteiger partial charge in [-0.15, -0.1) is 0 Å². The molecule has 0 radical (unpaired) electrons. The fraction of sp³-hybridized carbons (Fsp3) is 0.300. The maximum absolute atomic E-state index is 8.60. The molecule has 3 nitrogen and oxygen atoms in total. The normalized spacial score (nSPS) is 24.8. The molecule has 0 bridgehead atoms. The van der Waals surface area contributed by atoms with Crippen LogP contribution in [0.15, 0.2) is 24.3 Å². The SMILES string of the molecule is N#CC1C=CC(C(C#N)C#N)C=C1. The highest BCUT2D eigenvalue weighted by Crippen LogP contribution is 2.20. The Morgan fingerprint density at radius 2 is 1.46 bits per heavy atom. The first-order valence-corrected chi connectivity index (χ1v) is 3.87. The van der Waals surface area contributed by atoms with Gasteiger partial charge < -0.3 is 0 Å². The minimum absolute atomic E-state index is 0.167. The van der Waals surface area contributed by atoms with Gasteiger partial charge in [-0.25, -0.2) is 0 Å². The monoisotopic (exact) mass is 169 g/mol. The summed E-state index contributed by atoms with van der Waals surface area (Å²) < 4.78 is 0. The zero-order valence-electron chi connectivity index (χ0n) is 6.88. The minimum atomic E-state index is -0.646. The van der Waals surface area contributed by atoms with E-state index in [0.717, 1.165) is 0 Å². The smallest absolute Gasteiger partial charge is 0.143 e. The van der Waals surface area contributed by atoms with E-state index in [1.807, 2.05) is 12.1 Å². The Kier molecular flexibility index (Phi) is 2.85. The summed E-state index contributed by atoms with van der Waals surface area (Å²) in [7, 11) is 0. The summed E-state index contributed by atoms with van der Waals surface area (Å²) in [5.41, 5.74) is 0. The molecule has 0 aliphatic heterocycles. The lowest BCUT2D eigenvalue weighted by Crippen LogP contribution is -2.09. The Morgan fingerprint density at radius 1 is 0.923 bits per heavy atom. The van der Waals surface area contributed by atoms with E-state index in [-0.39, 0.29) is 11.8 Å². The largest absolute Gasteiger partial charge is 0.197 e. The van der Waals surface area contributed by atoms with E-state index < -0.39 is 5.92 Å². The van der Waals surface area contributed by atoms with Crippen molar-refractivity contribution in [2.24, 2.45) is 17.8 Å². The molecule has 0 unspecified atom stereocenters. The summed E-state index contributed by atoms with van der Waals surface area (Å²) in [6.07, 6.45) is 6.91. The fourth-order valence-electron chi connectivity index (χ4n) is 1.13. The molecule has 0 N–H and O–H groups in total. The van der Waals surface area contributed by atoms with Crippen LogP contribution >= 0.6 is 0 Å². The lowest BCUT2D eigenvalue weighted by Gasteiger charge is -2.12. The van der Waals surface area contributed by atoms with Crippen LogP contribution in [0.5, 0.6) is 0 Å². The number of nitriles is 3. The van der Waals surface area contributed by atoms with Crippen molar-refractivity contribution in [2.75, 3.05) is 0 Å². The van der Waals surface area contributed by atoms with Crippen LogP contribution in [0, 0.1) is 51.7 Å². The third-order valence-electron chi connectivity index (χ3n) is 1.89. The quantitative estimate of drug-likeness (QED) is 0.559. The molecule has 0 atom stereocenters. The van der Waals surface area contributed by atoms with Crippen molar-refractivity contribution < 1.29 is 0 Å². The molecule has 3 heteroatoms. The van der Waals surface area contributed by atoms with Gasteiger partial charge in [0.05, 0.1) is 24.1 Å². The van der Waals surface area contributed by atoms with Crippen LogP contribution in [-0.4, -0.2) is 0 Å². The molecule has 0 saturated heterocycles. The average Bonchev–Trinajstić information content (AvgIpc) is 2.21. The first kappa shape index (κ1) is 9.04. The minimum Gasteiger partial charge on any atom is -0.197 e. The maximum atomic E-state index is 8.60. The Balaban J connectivity index is 2.72. The number of allylic oxidation sites excluding steroid dienone is 4. The van der Waals surface area contributed by atoms with Gasteiger partial charge in [0.1, 0.15) is 5.92 Å². The summed E-state index contributed by atoms with van der Waals surface area (Å²) in [5.74, 6) is -1.03. The van der Waals surface area contributed by atoms with Gasteiger partial charge >= 0.3 is 0 Å². The number of nitrogens with zero attached hydrogens (tertiary/aromatic N) is 3. The lowest BCUT2D eigenvalue weighted by atomic mass is 9.88. The van der Waals surface area contributed by atoms with Crippen LogP contribution in [0.3, 0.4) is 0 Å². The Bertz CT molecular complexity index is 331. The molecule has 0 saturated carbocycles. The highest BCUT2D eigenvalue weighted by Gasteiger charge is 2.18. The predicted octanol–water partition coefficient (Wildman–Crippen LogP) is 1.53. The summed E-state index contributed by atoms with van der Waals surface area (Å²) in [5, 5.41) is 25.7. The van der Waals surface area contributed by atoms with Crippen LogP contribution < -0.4 is 0 Å². The van der Waals surface area contributed by atoms with Gasteiger partial charge in [-0.1, -0.05) is 24.3 Å². The van der Waals surface area contributed by atoms with E-state index in [1.54, 1.807) is 24.3 Å². The van der Waals surface area contributed by atoms with E-state index in [0.29, 0.717) is 0 Å². The Hall–Kier alpha value is -2.05. The molecule has 0 spiro atoms. The van der Waals surface area contributed by atoms with Crippen molar-refractivity contribution in [3.8, 4) is 18.2 Å². The zero-order chi connectivity index (χ0) is 9.68. The molecule has 0 heterocycles. The van der Waals surface area contributed by atoms with Gasteiger partial charge in [0.25, 0.3) is 0 Å². The maximum Gasteiger partial charge on any atom is 0.143 e. The van der Waals surface area contributed by atoms with Crippen molar-refractivity contribution in [3.63, 3.8) is 0 Å². The van der Waals surface area contributed by atoms with Crippen molar-refractivity contribution in [1.29, 1.82) is 15.8 Å². The molecule has 0 fully saturated rings. The van der Waals surface area contributed by atoms with Gasteiger partial charge in [-0.2, -0.15) is 15.8 Å². The van der Waals surface area contributed by atoms with Crippen molar-refractivity contribution in [2.45, 2.75) is 0 Å². The van der Waals surface area contributed by atoms with Gasteiger partial charge in [0, 0.05) is 5.92 Å². The zero-order valence-corrected chi connectivity index (χ0v) is 6.88. The number of rotatable bonds is 1. The van der Waals surface area contributed by atoms with Crippen LogP contribution in [-0.2, 0) is 0 Å². The molecule has 0 amide bonds. The van der Waals surface area contributed by atoms with Crippen molar-refractivity contribution in [1.82, 2.24) is 0 Å². The molecular weight excluding hydrogens is 162 g/mol. The second-order valence-electron chi connectivity index (χ2n) is 2.74.